The maximum atomic E-state index is 10.7. The zero-order valence-corrected chi connectivity index (χ0v) is 15.7. The third-order valence-electron chi connectivity index (χ3n) is 4.18. The Morgan fingerprint density at radius 2 is 2.00 bits per heavy atom. The highest BCUT2D eigenvalue weighted by Crippen LogP contribution is 2.30. The number of carboxylic acids is 1. The molecule has 0 unspecified atom stereocenters. The van der Waals surface area contributed by atoms with Gasteiger partial charge >= 0.3 is 5.97 Å². The van der Waals surface area contributed by atoms with E-state index in [1.165, 1.54) is 10.4 Å². The molecule has 5 nitrogen and oxygen atoms in total. The Hall–Kier alpha value is -2.47. The van der Waals surface area contributed by atoms with E-state index in [0.717, 1.165) is 34.7 Å². The van der Waals surface area contributed by atoms with Crippen molar-refractivity contribution in [1.29, 1.82) is 0 Å². The Morgan fingerprint density at radius 3 is 2.73 bits per heavy atom. The summed E-state index contributed by atoms with van der Waals surface area (Å²) in [5.41, 5.74) is 1.20. The van der Waals surface area contributed by atoms with Crippen LogP contribution in [0.5, 0.6) is 0 Å². The van der Waals surface area contributed by atoms with Gasteiger partial charge in [0.1, 0.15) is 16.5 Å². The van der Waals surface area contributed by atoms with Gasteiger partial charge in [-0.05, 0) is 30.9 Å². The number of thiophene rings is 1. The number of hydrogen-bond donors (Lipinski definition) is 2. The molecule has 0 aliphatic rings. The summed E-state index contributed by atoms with van der Waals surface area (Å²) in [5, 5.41) is 13.3. The van der Waals surface area contributed by atoms with Crippen LogP contribution < -0.4 is 5.32 Å². The molecule has 0 atom stereocenters. The Kier molecular flexibility index (Phi) is 6.17. The molecule has 2 aromatic heterocycles. The molecule has 0 radical (unpaired) electrons. The number of hydrogen-bond acceptors (Lipinski definition) is 5. The van der Waals surface area contributed by atoms with E-state index in [1.54, 1.807) is 11.3 Å². The van der Waals surface area contributed by atoms with Crippen LogP contribution in [0, 0.1) is 0 Å². The van der Waals surface area contributed by atoms with Gasteiger partial charge in [0.15, 0.2) is 0 Å². The lowest BCUT2D eigenvalue weighted by atomic mass is 10.2. The molecule has 0 fully saturated rings. The predicted molar refractivity (Wildman–Crippen MR) is 106 cm³/mol. The maximum absolute atomic E-state index is 10.7. The fraction of sp³-hybridized carbons (Fsp3) is 0.350. The predicted octanol–water partition coefficient (Wildman–Crippen LogP) is 4.66. The summed E-state index contributed by atoms with van der Waals surface area (Å²) in [5.74, 6) is 0.892. The lowest BCUT2D eigenvalue weighted by Crippen LogP contribution is -2.05. The second-order valence-electron chi connectivity index (χ2n) is 6.21. The van der Waals surface area contributed by atoms with Gasteiger partial charge in [-0.25, -0.2) is 9.97 Å². The quantitative estimate of drug-likeness (QED) is 0.536. The number of aryl methyl sites for hydroxylation is 2. The Labute approximate surface area is 157 Å². The molecule has 2 N–H and O–H groups in total. The van der Waals surface area contributed by atoms with Gasteiger partial charge in [-0.15, -0.1) is 11.3 Å². The number of carbonyl (C=O) groups is 1. The second kappa shape index (κ2) is 8.76. The molecule has 136 valence electrons. The molecule has 0 saturated carbocycles. The summed E-state index contributed by atoms with van der Waals surface area (Å²) in [7, 11) is 0. The molecule has 0 aliphatic carbocycles. The first-order valence-corrected chi connectivity index (χ1v) is 9.76. The average molecular weight is 369 g/mol. The average Bonchev–Trinajstić information content (AvgIpc) is 3.07. The minimum absolute atomic E-state index is 0.195. The van der Waals surface area contributed by atoms with Crippen LogP contribution >= 0.6 is 11.3 Å². The molecule has 0 spiro atoms. The monoisotopic (exact) mass is 369 g/mol. The van der Waals surface area contributed by atoms with Crippen LogP contribution in [0.15, 0.2) is 36.4 Å². The number of aromatic nitrogens is 2. The van der Waals surface area contributed by atoms with Crippen molar-refractivity contribution in [2.45, 2.75) is 45.6 Å². The van der Waals surface area contributed by atoms with Gasteiger partial charge in [-0.2, -0.15) is 0 Å². The largest absolute Gasteiger partial charge is 0.481 e. The van der Waals surface area contributed by atoms with E-state index in [1.807, 2.05) is 18.2 Å². The van der Waals surface area contributed by atoms with Gasteiger partial charge in [0.2, 0.25) is 0 Å². The number of fused-ring (bicyclic) bond motifs is 1. The summed E-state index contributed by atoms with van der Waals surface area (Å²) >= 11 is 1.71. The molecule has 3 aromatic rings. The van der Waals surface area contributed by atoms with E-state index in [2.05, 4.69) is 30.4 Å². The van der Waals surface area contributed by atoms with Crippen LogP contribution in [0.4, 0.5) is 5.82 Å². The first-order valence-electron chi connectivity index (χ1n) is 8.94. The summed E-state index contributed by atoms with van der Waals surface area (Å²) in [6, 6.07) is 12.4. The van der Waals surface area contributed by atoms with Crippen LogP contribution in [0.3, 0.4) is 0 Å². The van der Waals surface area contributed by atoms with Crippen LogP contribution in [-0.4, -0.2) is 21.0 Å². The van der Waals surface area contributed by atoms with Crippen molar-refractivity contribution in [1.82, 2.24) is 9.97 Å². The van der Waals surface area contributed by atoms with Gasteiger partial charge in [-0.3, -0.25) is 4.79 Å². The Morgan fingerprint density at radius 1 is 1.19 bits per heavy atom. The summed E-state index contributed by atoms with van der Waals surface area (Å²) < 4.78 is 0. The number of benzene rings is 1. The molecule has 26 heavy (non-hydrogen) atoms. The van der Waals surface area contributed by atoms with Crippen molar-refractivity contribution < 1.29 is 9.90 Å². The third-order valence-corrected chi connectivity index (χ3v) is 5.36. The lowest BCUT2D eigenvalue weighted by Gasteiger charge is -2.09. The highest BCUT2D eigenvalue weighted by Gasteiger charge is 2.11. The van der Waals surface area contributed by atoms with Crippen molar-refractivity contribution in [2.75, 3.05) is 5.32 Å². The molecule has 2 heterocycles. The van der Waals surface area contributed by atoms with Gasteiger partial charge in [0.05, 0.1) is 5.39 Å². The van der Waals surface area contributed by atoms with Gasteiger partial charge in [0, 0.05) is 24.3 Å². The highest BCUT2D eigenvalue weighted by molar-refractivity contribution is 7.18. The number of carboxylic acid groups (broad SMARTS) is 1. The van der Waals surface area contributed by atoms with Crippen molar-refractivity contribution in [3.8, 4) is 0 Å². The van der Waals surface area contributed by atoms with E-state index in [-0.39, 0.29) is 6.42 Å². The number of anilines is 1. The fourth-order valence-corrected chi connectivity index (χ4v) is 3.76. The summed E-state index contributed by atoms with van der Waals surface area (Å²) in [6.07, 6.45) is 3.30. The number of nitrogens with one attached hydrogen (secondary N) is 1. The third kappa shape index (κ3) is 4.79. The molecule has 0 aliphatic heterocycles. The van der Waals surface area contributed by atoms with E-state index in [4.69, 9.17) is 15.1 Å². The summed E-state index contributed by atoms with van der Waals surface area (Å²) in [6.45, 7) is 2.85. The first-order chi connectivity index (χ1) is 12.7. The smallest absolute Gasteiger partial charge is 0.303 e. The van der Waals surface area contributed by atoms with Gasteiger partial charge in [0.25, 0.3) is 0 Å². The SMILES string of the molecule is CCc1cc2c(NCc3ccccc3)nc(CCCCC(=O)O)nc2s1. The highest BCUT2D eigenvalue weighted by atomic mass is 32.1. The normalized spacial score (nSPS) is 11.0. The molecule has 3 rings (SSSR count). The van der Waals surface area contributed by atoms with Crippen LogP contribution in [0.2, 0.25) is 0 Å². The maximum Gasteiger partial charge on any atom is 0.303 e. The lowest BCUT2D eigenvalue weighted by molar-refractivity contribution is -0.137. The topological polar surface area (TPSA) is 75.1 Å². The van der Waals surface area contributed by atoms with Crippen LogP contribution in [0.1, 0.15) is 42.5 Å². The fourth-order valence-electron chi connectivity index (χ4n) is 2.78. The van der Waals surface area contributed by atoms with Crippen molar-refractivity contribution >= 4 is 33.3 Å². The number of rotatable bonds is 9. The Balaban J connectivity index is 1.79. The molecule has 1 aromatic carbocycles. The number of aliphatic carboxylic acids is 1. The molecule has 0 amide bonds. The zero-order chi connectivity index (χ0) is 18.4. The number of nitrogens with zero attached hydrogens (tertiary/aromatic N) is 2. The summed E-state index contributed by atoms with van der Waals surface area (Å²) in [4.78, 5) is 22.4. The number of unbranched alkanes of at least 4 members (excludes halogenated alkanes) is 1. The van der Waals surface area contributed by atoms with Gasteiger partial charge < -0.3 is 10.4 Å². The van der Waals surface area contributed by atoms with E-state index < -0.39 is 5.97 Å². The molecular weight excluding hydrogens is 346 g/mol. The Bertz CT molecular complexity index is 877. The second-order valence-corrected chi connectivity index (χ2v) is 7.33. The molecular formula is C20H23N3O2S. The van der Waals surface area contributed by atoms with Crippen molar-refractivity contribution in [3.05, 3.63) is 52.7 Å². The molecule has 6 heteroatoms. The standard InChI is InChI=1S/C20H23N3O2S/c1-2-15-12-16-19(21-13-14-8-4-3-5-9-14)22-17(23-20(16)26-15)10-6-7-11-18(24)25/h3-5,8-9,12H,2,6-7,10-11,13H2,1H3,(H,24,25)(H,21,22,23). The molecule has 0 saturated heterocycles. The molecule has 0 bridgehead atoms. The minimum Gasteiger partial charge on any atom is -0.481 e. The van der Waals surface area contributed by atoms with Crippen LogP contribution in [0.25, 0.3) is 10.2 Å². The zero-order valence-electron chi connectivity index (χ0n) is 14.9. The van der Waals surface area contributed by atoms with E-state index in [9.17, 15) is 4.79 Å². The van der Waals surface area contributed by atoms with Crippen LogP contribution in [-0.2, 0) is 24.2 Å². The van der Waals surface area contributed by atoms with Crippen molar-refractivity contribution in [2.24, 2.45) is 0 Å². The first kappa shape index (κ1) is 18.3. The van der Waals surface area contributed by atoms with Crippen molar-refractivity contribution in [3.63, 3.8) is 0 Å². The van der Waals surface area contributed by atoms with E-state index >= 15 is 0 Å². The minimum atomic E-state index is -0.752. The van der Waals surface area contributed by atoms with E-state index in [0.29, 0.717) is 19.4 Å². The van der Waals surface area contributed by atoms with Gasteiger partial charge in [-0.1, -0.05) is 37.3 Å².